The number of esters is 1. The van der Waals surface area contributed by atoms with Gasteiger partial charge in [0.1, 0.15) is 11.6 Å². The molecule has 1 aliphatic heterocycles. The van der Waals surface area contributed by atoms with Crippen molar-refractivity contribution in [3.8, 4) is 0 Å². The Labute approximate surface area is 137 Å². The Morgan fingerprint density at radius 1 is 1.30 bits per heavy atom. The van der Waals surface area contributed by atoms with Crippen LogP contribution in [-0.2, 0) is 19.1 Å². The van der Waals surface area contributed by atoms with Crippen molar-refractivity contribution in [2.75, 3.05) is 7.11 Å². The lowest BCUT2D eigenvalue weighted by Gasteiger charge is -2.27. The van der Waals surface area contributed by atoms with E-state index in [-0.39, 0.29) is 6.42 Å². The highest BCUT2D eigenvalue weighted by molar-refractivity contribution is 6.02. The first-order valence-corrected chi connectivity index (χ1v) is 7.48. The summed E-state index contributed by atoms with van der Waals surface area (Å²) in [6.07, 6.45) is 3.21. The zero-order chi connectivity index (χ0) is 17.8. The van der Waals surface area contributed by atoms with Crippen molar-refractivity contribution in [1.29, 1.82) is 0 Å². The number of amides is 2. The minimum absolute atomic E-state index is 0.162. The molecule has 1 saturated heterocycles. The Morgan fingerprint density at radius 2 is 1.83 bits per heavy atom. The Bertz CT molecular complexity index is 508. The first-order valence-electron chi connectivity index (χ1n) is 7.48. The molecule has 0 bridgehead atoms. The van der Waals surface area contributed by atoms with Crippen LogP contribution in [0.4, 0.5) is 4.79 Å². The third-order valence-corrected chi connectivity index (χ3v) is 3.70. The van der Waals surface area contributed by atoms with E-state index in [1.807, 2.05) is 0 Å². The van der Waals surface area contributed by atoms with Gasteiger partial charge < -0.3 is 9.47 Å². The van der Waals surface area contributed by atoms with Crippen LogP contribution in [0.3, 0.4) is 0 Å². The molecule has 0 aromatic rings. The Hall–Kier alpha value is -2.11. The van der Waals surface area contributed by atoms with E-state index in [1.165, 1.54) is 7.11 Å². The second-order valence-electron chi connectivity index (χ2n) is 6.66. The summed E-state index contributed by atoms with van der Waals surface area (Å²) in [5, 5.41) is 0. The van der Waals surface area contributed by atoms with Crippen LogP contribution in [0.2, 0.25) is 0 Å². The van der Waals surface area contributed by atoms with E-state index in [2.05, 4.69) is 13.2 Å². The van der Waals surface area contributed by atoms with Crippen LogP contribution in [-0.4, -0.2) is 41.6 Å². The Balaban J connectivity index is 3.24. The highest BCUT2D eigenvalue weighted by Crippen LogP contribution is 2.43. The van der Waals surface area contributed by atoms with Crippen molar-refractivity contribution in [2.24, 2.45) is 5.41 Å². The van der Waals surface area contributed by atoms with E-state index in [9.17, 15) is 14.4 Å². The minimum Gasteiger partial charge on any atom is -0.467 e. The average Bonchev–Trinajstić information content (AvgIpc) is 2.71. The summed E-state index contributed by atoms with van der Waals surface area (Å²) in [4.78, 5) is 38.2. The number of hydrogen-bond acceptors (Lipinski definition) is 5. The lowest BCUT2D eigenvalue weighted by molar-refractivity contribution is -0.149. The maximum atomic E-state index is 12.9. The van der Waals surface area contributed by atoms with Crippen molar-refractivity contribution in [2.45, 2.75) is 51.7 Å². The van der Waals surface area contributed by atoms with Gasteiger partial charge in [-0.05, 0) is 40.0 Å². The van der Waals surface area contributed by atoms with E-state index in [0.717, 1.165) is 4.90 Å². The number of ether oxygens (including phenoxy) is 2. The summed E-state index contributed by atoms with van der Waals surface area (Å²) in [5.74, 6) is -1.10. The third-order valence-electron chi connectivity index (χ3n) is 3.70. The number of imide groups is 1. The quantitative estimate of drug-likeness (QED) is 0.574. The van der Waals surface area contributed by atoms with Gasteiger partial charge >= 0.3 is 12.1 Å². The molecular weight excluding hydrogens is 298 g/mol. The topological polar surface area (TPSA) is 72.9 Å². The van der Waals surface area contributed by atoms with Crippen LogP contribution >= 0.6 is 0 Å². The van der Waals surface area contributed by atoms with Gasteiger partial charge in [0.2, 0.25) is 5.91 Å². The molecule has 0 aromatic carbocycles. The SMILES string of the molecule is C=CCC1(CC=C)C[C@H](C(=O)OC)N(C(=O)OC(C)(C)C)C1=O. The van der Waals surface area contributed by atoms with Gasteiger partial charge in [0.05, 0.1) is 12.5 Å². The lowest BCUT2D eigenvalue weighted by atomic mass is 9.78. The minimum atomic E-state index is -0.998. The highest BCUT2D eigenvalue weighted by Gasteiger charge is 2.56. The van der Waals surface area contributed by atoms with Gasteiger partial charge in [-0.1, -0.05) is 12.2 Å². The van der Waals surface area contributed by atoms with Gasteiger partial charge in [0.15, 0.2) is 0 Å². The van der Waals surface area contributed by atoms with Crippen molar-refractivity contribution in [1.82, 2.24) is 4.90 Å². The molecule has 6 nitrogen and oxygen atoms in total. The number of allylic oxidation sites excluding steroid dienone is 2. The predicted molar refractivity (Wildman–Crippen MR) is 85.6 cm³/mol. The highest BCUT2D eigenvalue weighted by atomic mass is 16.6. The van der Waals surface area contributed by atoms with Crippen molar-refractivity contribution < 1.29 is 23.9 Å². The van der Waals surface area contributed by atoms with Gasteiger partial charge in [-0.3, -0.25) is 4.79 Å². The number of nitrogens with zero attached hydrogens (tertiary/aromatic N) is 1. The second kappa shape index (κ2) is 6.98. The van der Waals surface area contributed by atoms with Crippen LogP contribution in [0.25, 0.3) is 0 Å². The molecule has 1 fully saturated rings. The molecular formula is C17H25NO5. The second-order valence-corrected chi connectivity index (χ2v) is 6.66. The van der Waals surface area contributed by atoms with E-state index in [4.69, 9.17) is 9.47 Å². The molecule has 0 N–H and O–H groups in total. The number of hydrogen-bond donors (Lipinski definition) is 0. The van der Waals surface area contributed by atoms with E-state index in [0.29, 0.717) is 12.8 Å². The molecule has 2 amide bonds. The van der Waals surface area contributed by atoms with Gasteiger partial charge in [-0.25, -0.2) is 14.5 Å². The van der Waals surface area contributed by atoms with Crippen molar-refractivity contribution >= 4 is 18.0 Å². The van der Waals surface area contributed by atoms with E-state index in [1.54, 1.807) is 32.9 Å². The molecule has 1 atom stereocenters. The van der Waals surface area contributed by atoms with Crippen LogP contribution in [0.5, 0.6) is 0 Å². The summed E-state index contributed by atoms with van der Waals surface area (Å²) in [6, 6.07) is -0.998. The summed E-state index contributed by atoms with van der Waals surface area (Å²) < 4.78 is 10.0. The summed E-state index contributed by atoms with van der Waals surface area (Å²) in [7, 11) is 1.22. The van der Waals surface area contributed by atoms with Gasteiger partial charge in [0, 0.05) is 0 Å². The largest absolute Gasteiger partial charge is 0.467 e. The Kier molecular flexibility index (Phi) is 5.75. The molecule has 1 rings (SSSR count). The number of carbonyl (C=O) groups excluding carboxylic acids is 3. The number of likely N-dealkylation sites (tertiary alicyclic amines) is 1. The van der Waals surface area contributed by atoms with Crippen LogP contribution in [0, 0.1) is 5.41 Å². The summed E-state index contributed by atoms with van der Waals surface area (Å²) in [5.41, 5.74) is -1.70. The molecule has 1 aliphatic rings. The van der Waals surface area contributed by atoms with E-state index < -0.39 is 35.0 Å². The fraction of sp³-hybridized carbons (Fsp3) is 0.588. The number of rotatable bonds is 5. The molecule has 6 heteroatoms. The standard InChI is InChI=1S/C17H25NO5/c1-7-9-17(10-8-2)11-12(13(19)22-6)18(14(17)20)15(21)23-16(3,4)5/h7-8,12H,1-2,9-11H2,3-6H3/t12-/m1/s1. The summed E-state index contributed by atoms with van der Waals surface area (Å²) in [6.45, 7) is 12.4. The first kappa shape index (κ1) is 18.9. The van der Waals surface area contributed by atoms with Crippen LogP contribution < -0.4 is 0 Å². The molecule has 0 aromatic heterocycles. The predicted octanol–water partition coefficient (Wildman–Crippen LogP) is 2.83. The molecule has 0 radical (unpaired) electrons. The molecule has 1 heterocycles. The van der Waals surface area contributed by atoms with E-state index >= 15 is 0 Å². The zero-order valence-corrected chi connectivity index (χ0v) is 14.3. The number of methoxy groups -OCH3 is 1. The monoisotopic (exact) mass is 323 g/mol. The van der Waals surface area contributed by atoms with Gasteiger partial charge in [0.25, 0.3) is 0 Å². The van der Waals surface area contributed by atoms with Gasteiger partial charge in [-0.2, -0.15) is 0 Å². The normalized spacial score (nSPS) is 20.1. The smallest absolute Gasteiger partial charge is 0.417 e. The molecule has 0 aliphatic carbocycles. The van der Waals surface area contributed by atoms with Crippen molar-refractivity contribution in [3.05, 3.63) is 25.3 Å². The zero-order valence-electron chi connectivity index (χ0n) is 14.3. The molecule has 0 unspecified atom stereocenters. The molecule has 0 spiro atoms. The fourth-order valence-corrected chi connectivity index (χ4v) is 2.77. The van der Waals surface area contributed by atoms with Gasteiger partial charge in [-0.15, -0.1) is 13.2 Å². The molecule has 128 valence electrons. The van der Waals surface area contributed by atoms with Crippen LogP contribution in [0.15, 0.2) is 25.3 Å². The molecule has 23 heavy (non-hydrogen) atoms. The average molecular weight is 323 g/mol. The number of carbonyl (C=O) groups is 3. The maximum Gasteiger partial charge on any atom is 0.417 e. The first-order chi connectivity index (χ1) is 10.6. The fourth-order valence-electron chi connectivity index (χ4n) is 2.77. The Morgan fingerprint density at radius 3 is 2.22 bits per heavy atom. The summed E-state index contributed by atoms with van der Waals surface area (Å²) >= 11 is 0. The van der Waals surface area contributed by atoms with Crippen molar-refractivity contribution in [3.63, 3.8) is 0 Å². The third kappa shape index (κ3) is 4.00. The van der Waals surface area contributed by atoms with Crippen LogP contribution in [0.1, 0.15) is 40.0 Å². The maximum absolute atomic E-state index is 12.9. The molecule has 0 saturated carbocycles. The lowest BCUT2D eigenvalue weighted by Crippen LogP contribution is -2.47.